The van der Waals surface area contributed by atoms with Crippen LogP contribution in [-0.2, 0) is 5.33 Å². The maximum Gasteiger partial charge on any atom is 0.0421 e. The van der Waals surface area contributed by atoms with Crippen molar-refractivity contribution in [3.05, 3.63) is 28.2 Å². The summed E-state index contributed by atoms with van der Waals surface area (Å²) in [4.78, 5) is 2.60. The van der Waals surface area contributed by atoms with E-state index in [2.05, 4.69) is 61.9 Å². The van der Waals surface area contributed by atoms with Gasteiger partial charge in [-0.3, -0.25) is 0 Å². The fourth-order valence-corrected chi connectivity index (χ4v) is 3.48. The van der Waals surface area contributed by atoms with Gasteiger partial charge in [-0.2, -0.15) is 0 Å². The van der Waals surface area contributed by atoms with Crippen LogP contribution >= 0.6 is 31.9 Å². The van der Waals surface area contributed by atoms with Gasteiger partial charge in [0.05, 0.1) is 0 Å². The van der Waals surface area contributed by atoms with Crippen LogP contribution in [0.3, 0.4) is 0 Å². The maximum atomic E-state index is 3.60. The Balaban J connectivity index is 2.33. The van der Waals surface area contributed by atoms with E-state index in [9.17, 15) is 0 Å². The molecule has 0 aromatic heterocycles. The second-order valence-electron chi connectivity index (χ2n) is 4.66. The Bertz CT molecular complexity index is 378. The molecule has 1 heterocycles. The van der Waals surface area contributed by atoms with Gasteiger partial charge >= 0.3 is 0 Å². The molecule has 1 atom stereocenters. The lowest BCUT2D eigenvalue weighted by Crippen LogP contribution is -2.39. The van der Waals surface area contributed by atoms with Gasteiger partial charge in [0.1, 0.15) is 0 Å². The molecule has 2 rings (SSSR count). The highest BCUT2D eigenvalue weighted by Gasteiger charge is 2.22. The number of rotatable bonds is 3. The van der Waals surface area contributed by atoms with E-state index >= 15 is 0 Å². The zero-order valence-electron chi connectivity index (χ0n) is 10.3. The molecule has 1 aliphatic heterocycles. The van der Waals surface area contributed by atoms with Crippen LogP contribution in [-0.4, -0.2) is 12.6 Å². The van der Waals surface area contributed by atoms with E-state index in [0.717, 1.165) is 11.4 Å². The Kier molecular flexibility index (Phi) is 4.92. The van der Waals surface area contributed by atoms with E-state index in [0.29, 0.717) is 0 Å². The van der Waals surface area contributed by atoms with Gasteiger partial charge in [-0.25, -0.2) is 0 Å². The highest BCUT2D eigenvalue weighted by molar-refractivity contribution is 9.10. The predicted molar refractivity (Wildman–Crippen MR) is 82.0 cm³/mol. The number of anilines is 1. The summed E-state index contributed by atoms with van der Waals surface area (Å²) >= 11 is 7.19. The van der Waals surface area contributed by atoms with Crippen LogP contribution in [0.2, 0.25) is 0 Å². The van der Waals surface area contributed by atoms with Gasteiger partial charge in [-0.15, -0.1) is 0 Å². The number of hydrogen-bond acceptors (Lipinski definition) is 1. The van der Waals surface area contributed by atoms with Gasteiger partial charge in [-0.05, 0) is 43.4 Å². The molecule has 0 saturated carbocycles. The van der Waals surface area contributed by atoms with Crippen LogP contribution in [0.25, 0.3) is 0 Å². The van der Waals surface area contributed by atoms with Crippen LogP contribution in [0.5, 0.6) is 0 Å². The average Bonchev–Trinajstić information content (AvgIpc) is 2.38. The zero-order chi connectivity index (χ0) is 12.3. The normalized spacial score (nSPS) is 20.6. The second kappa shape index (κ2) is 6.24. The standard InChI is InChI=1S/C14H19Br2N/c1-2-13-5-3-4-8-17(13)14-9-12(16)7-6-11(14)10-15/h6-7,9,13H,2-5,8,10H2,1H3. The molecule has 1 aromatic rings. The third-order valence-corrected chi connectivity index (χ3v) is 4.70. The molecular formula is C14H19Br2N. The Morgan fingerprint density at radius 3 is 2.88 bits per heavy atom. The zero-order valence-corrected chi connectivity index (χ0v) is 13.4. The lowest BCUT2D eigenvalue weighted by atomic mass is 9.98. The monoisotopic (exact) mass is 359 g/mol. The summed E-state index contributed by atoms with van der Waals surface area (Å²) in [6, 6.07) is 7.33. The van der Waals surface area contributed by atoms with Crippen molar-refractivity contribution in [2.75, 3.05) is 11.4 Å². The number of halogens is 2. The number of piperidine rings is 1. The molecule has 0 bridgehead atoms. The van der Waals surface area contributed by atoms with Crippen LogP contribution in [0.1, 0.15) is 38.2 Å². The molecule has 94 valence electrons. The van der Waals surface area contributed by atoms with Crippen LogP contribution in [0.4, 0.5) is 5.69 Å². The third-order valence-electron chi connectivity index (χ3n) is 3.60. The molecule has 17 heavy (non-hydrogen) atoms. The first-order valence-electron chi connectivity index (χ1n) is 6.37. The Morgan fingerprint density at radius 1 is 1.35 bits per heavy atom. The molecular weight excluding hydrogens is 342 g/mol. The lowest BCUT2D eigenvalue weighted by Gasteiger charge is -2.38. The van der Waals surface area contributed by atoms with Crippen molar-refractivity contribution in [2.45, 2.75) is 44.0 Å². The first-order valence-corrected chi connectivity index (χ1v) is 8.28. The topological polar surface area (TPSA) is 3.24 Å². The van der Waals surface area contributed by atoms with Crippen molar-refractivity contribution in [1.29, 1.82) is 0 Å². The smallest absolute Gasteiger partial charge is 0.0421 e. The maximum absolute atomic E-state index is 3.60. The molecule has 1 aliphatic rings. The summed E-state index contributed by atoms with van der Waals surface area (Å²) in [5, 5.41) is 0.933. The van der Waals surface area contributed by atoms with Crippen LogP contribution in [0.15, 0.2) is 22.7 Å². The summed E-state index contributed by atoms with van der Waals surface area (Å²) in [6.07, 6.45) is 5.29. The number of benzene rings is 1. The Morgan fingerprint density at radius 2 is 2.18 bits per heavy atom. The highest BCUT2D eigenvalue weighted by Crippen LogP contribution is 2.32. The van der Waals surface area contributed by atoms with Gasteiger partial charge in [0.25, 0.3) is 0 Å². The molecule has 1 nitrogen and oxygen atoms in total. The first kappa shape index (κ1) is 13.4. The SMILES string of the molecule is CCC1CCCCN1c1cc(Br)ccc1CBr. The van der Waals surface area contributed by atoms with Crippen molar-refractivity contribution < 1.29 is 0 Å². The molecule has 3 heteroatoms. The molecule has 0 spiro atoms. The van der Waals surface area contributed by atoms with Crippen LogP contribution < -0.4 is 4.90 Å². The Labute approximate surface area is 121 Å². The molecule has 1 aromatic carbocycles. The summed E-state index contributed by atoms with van der Waals surface area (Å²) in [5.41, 5.74) is 2.80. The Hall–Kier alpha value is -0.0200. The van der Waals surface area contributed by atoms with Gasteiger partial charge < -0.3 is 4.90 Å². The largest absolute Gasteiger partial charge is 0.368 e. The number of alkyl halides is 1. The van der Waals surface area contributed by atoms with Gasteiger partial charge in [0.15, 0.2) is 0 Å². The number of nitrogens with zero attached hydrogens (tertiary/aromatic N) is 1. The number of hydrogen-bond donors (Lipinski definition) is 0. The molecule has 1 saturated heterocycles. The minimum atomic E-state index is 0.718. The van der Waals surface area contributed by atoms with Gasteiger partial charge in [0.2, 0.25) is 0 Å². The summed E-state index contributed by atoms with van der Waals surface area (Å²) in [6.45, 7) is 3.50. The summed E-state index contributed by atoms with van der Waals surface area (Å²) < 4.78 is 1.18. The molecule has 0 aliphatic carbocycles. The molecule has 0 radical (unpaired) electrons. The van der Waals surface area contributed by atoms with Gasteiger partial charge in [0, 0.05) is 28.1 Å². The molecule has 1 fully saturated rings. The van der Waals surface area contributed by atoms with E-state index in [1.54, 1.807) is 0 Å². The minimum absolute atomic E-state index is 0.718. The second-order valence-corrected chi connectivity index (χ2v) is 6.13. The van der Waals surface area contributed by atoms with Crippen molar-refractivity contribution in [1.82, 2.24) is 0 Å². The molecule has 0 N–H and O–H groups in total. The van der Waals surface area contributed by atoms with Crippen molar-refractivity contribution in [3.63, 3.8) is 0 Å². The fourth-order valence-electron chi connectivity index (χ4n) is 2.66. The summed E-state index contributed by atoms with van der Waals surface area (Å²) in [5.74, 6) is 0. The predicted octanol–water partition coefficient (Wildman–Crippen LogP) is 5.11. The molecule has 1 unspecified atom stereocenters. The van der Waals surface area contributed by atoms with E-state index in [-0.39, 0.29) is 0 Å². The van der Waals surface area contributed by atoms with Crippen molar-refractivity contribution >= 4 is 37.5 Å². The van der Waals surface area contributed by atoms with E-state index < -0.39 is 0 Å². The third kappa shape index (κ3) is 3.05. The fraction of sp³-hybridized carbons (Fsp3) is 0.571. The molecule has 0 amide bonds. The lowest BCUT2D eigenvalue weighted by molar-refractivity contribution is 0.449. The van der Waals surface area contributed by atoms with E-state index in [1.807, 2.05) is 0 Å². The van der Waals surface area contributed by atoms with E-state index in [1.165, 1.54) is 48.0 Å². The quantitative estimate of drug-likeness (QED) is 0.676. The van der Waals surface area contributed by atoms with E-state index in [4.69, 9.17) is 0 Å². The van der Waals surface area contributed by atoms with Gasteiger partial charge in [-0.1, -0.05) is 44.8 Å². The average molecular weight is 361 g/mol. The first-order chi connectivity index (χ1) is 8.26. The van der Waals surface area contributed by atoms with Crippen molar-refractivity contribution in [3.8, 4) is 0 Å². The highest BCUT2D eigenvalue weighted by atomic mass is 79.9. The minimum Gasteiger partial charge on any atom is -0.368 e. The van der Waals surface area contributed by atoms with Crippen molar-refractivity contribution in [2.24, 2.45) is 0 Å². The van der Waals surface area contributed by atoms with Crippen LogP contribution in [0, 0.1) is 0 Å². The summed E-state index contributed by atoms with van der Waals surface area (Å²) in [7, 11) is 0.